The second kappa shape index (κ2) is 6.46. The predicted octanol–water partition coefficient (Wildman–Crippen LogP) is 1.48. The van der Waals surface area contributed by atoms with Gasteiger partial charge in [-0.3, -0.25) is 0 Å². The van der Waals surface area contributed by atoms with E-state index >= 15 is 0 Å². The number of ether oxygens (including phenoxy) is 1. The van der Waals surface area contributed by atoms with Gasteiger partial charge in [0.1, 0.15) is 0 Å². The predicted molar refractivity (Wildman–Crippen MR) is 64.2 cm³/mol. The third-order valence-electron chi connectivity index (χ3n) is 2.88. The summed E-state index contributed by atoms with van der Waals surface area (Å²) in [4.78, 5) is 2.36. The normalized spacial score (nSPS) is 26.8. The largest absolute Gasteiger partial charge is 0.374 e. The molecule has 1 aliphatic heterocycles. The van der Waals surface area contributed by atoms with Crippen LogP contribution in [0.1, 0.15) is 33.6 Å². The zero-order valence-electron chi connectivity index (χ0n) is 10.6. The minimum Gasteiger partial charge on any atom is -0.374 e. The van der Waals surface area contributed by atoms with E-state index in [1.54, 1.807) is 0 Å². The molecule has 1 N–H and O–H groups in total. The molecule has 0 aromatic carbocycles. The summed E-state index contributed by atoms with van der Waals surface area (Å²) in [5.41, 5.74) is 0. The van der Waals surface area contributed by atoms with Crippen molar-refractivity contribution in [3.05, 3.63) is 0 Å². The van der Waals surface area contributed by atoms with Crippen LogP contribution in [0.5, 0.6) is 0 Å². The summed E-state index contributed by atoms with van der Waals surface area (Å²) in [6.45, 7) is 9.77. The Morgan fingerprint density at radius 3 is 2.67 bits per heavy atom. The molecule has 0 bridgehead atoms. The van der Waals surface area contributed by atoms with Gasteiger partial charge in [0.05, 0.1) is 12.2 Å². The maximum Gasteiger partial charge on any atom is 0.0706 e. The highest BCUT2D eigenvalue weighted by Crippen LogP contribution is 2.19. The molecule has 2 atom stereocenters. The van der Waals surface area contributed by atoms with Crippen molar-refractivity contribution in [2.75, 3.05) is 26.7 Å². The fourth-order valence-electron chi connectivity index (χ4n) is 2.00. The summed E-state index contributed by atoms with van der Waals surface area (Å²) in [5, 5.41) is 3.43. The number of hydrogen-bond donors (Lipinski definition) is 1. The van der Waals surface area contributed by atoms with Crippen LogP contribution in [0.3, 0.4) is 0 Å². The fraction of sp³-hybridized carbons (Fsp3) is 1.00. The van der Waals surface area contributed by atoms with Crippen LogP contribution >= 0.6 is 0 Å². The van der Waals surface area contributed by atoms with Crippen molar-refractivity contribution in [2.45, 2.75) is 51.9 Å². The lowest BCUT2D eigenvalue weighted by molar-refractivity contribution is 0.0366. The first-order valence-electron chi connectivity index (χ1n) is 6.15. The molecule has 3 nitrogen and oxygen atoms in total. The average Bonchev–Trinajstić information content (AvgIpc) is 2.50. The molecule has 1 aliphatic rings. The van der Waals surface area contributed by atoms with E-state index in [0.29, 0.717) is 18.2 Å². The van der Waals surface area contributed by atoms with Gasteiger partial charge < -0.3 is 15.0 Å². The Bertz CT molecular complexity index is 173. The lowest BCUT2D eigenvalue weighted by Crippen LogP contribution is -2.36. The molecule has 1 saturated heterocycles. The van der Waals surface area contributed by atoms with Gasteiger partial charge in [-0.25, -0.2) is 0 Å². The van der Waals surface area contributed by atoms with Crippen LogP contribution in [0.2, 0.25) is 0 Å². The van der Waals surface area contributed by atoms with Crippen LogP contribution in [0.15, 0.2) is 0 Å². The molecule has 0 amide bonds. The number of likely N-dealkylation sites (N-methyl/N-ethyl adjacent to an activating group) is 1. The third-order valence-corrected chi connectivity index (χ3v) is 2.88. The Labute approximate surface area is 94.2 Å². The van der Waals surface area contributed by atoms with Crippen LogP contribution in [-0.4, -0.2) is 49.8 Å². The number of nitrogens with zero attached hydrogens (tertiary/aromatic N) is 1. The number of hydrogen-bond acceptors (Lipinski definition) is 3. The summed E-state index contributed by atoms with van der Waals surface area (Å²) in [5.74, 6) is 0. The maximum absolute atomic E-state index is 5.80. The minimum absolute atomic E-state index is 0.462. The van der Waals surface area contributed by atoms with Crippen LogP contribution in [0.25, 0.3) is 0 Å². The van der Waals surface area contributed by atoms with Crippen molar-refractivity contribution < 1.29 is 4.74 Å². The molecule has 0 aliphatic carbocycles. The molecule has 1 fully saturated rings. The number of nitrogens with one attached hydrogen (secondary N) is 1. The van der Waals surface area contributed by atoms with Crippen LogP contribution in [-0.2, 0) is 4.74 Å². The summed E-state index contributed by atoms with van der Waals surface area (Å²) in [6.07, 6.45) is 3.38. The highest BCUT2D eigenvalue weighted by Gasteiger charge is 2.22. The van der Waals surface area contributed by atoms with Gasteiger partial charge in [-0.2, -0.15) is 0 Å². The standard InChI is InChI=1S/C12H26N2O/c1-10(2)13-7-8-14(4)9-12-6-5-11(3)15-12/h10-13H,5-9H2,1-4H3. The first-order valence-corrected chi connectivity index (χ1v) is 6.15. The molecular formula is C12H26N2O. The SMILES string of the molecule is CC(C)NCCN(C)CC1CCC(C)O1. The average molecular weight is 214 g/mol. The van der Waals surface area contributed by atoms with E-state index < -0.39 is 0 Å². The Morgan fingerprint density at radius 2 is 2.13 bits per heavy atom. The monoisotopic (exact) mass is 214 g/mol. The summed E-state index contributed by atoms with van der Waals surface area (Å²) < 4.78 is 5.80. The summed E-state index contributed by atoms with van der Waals surface area (Å²) in [6, 6.07) is 0.584. The van der Waals surface area contributed by atoms with Gasteiger partial charge in [0, 0.05) is 25.7 Å². The van der Waals surface area contributed by atoms with E-state index in [4.69, 9.17) is 4.74 Å². The molecule has 0 radical (unpaired) electrons. The molecule has 15 heavy (non-hydrogen) atoms. The fourth-order valence-corrected chi connectivity index (χ4v) is 2.00. The molecule has 0 aromatic heterocycles. The molecule has 3 heteroatoms. The van der Waals surface area contributed by atoms with Crippen molar-refractivity contribution in [2.24, 2.45) is 0 Å². The van der Waals surface area contributed by atoms with E-state index in [2.05, 4.69) is 38.0 Å². The molecule has 0 aromatic rings. The molecule has 0 saturated carbocycles. The van der Waals surface area contributed by atoms with Crippen LogP contribution in [0.4, 0.5) is 0 Å². The lowest BCUT2D eigenvalue weighted by Gasteiger charge is -2.21. The van der Waals surface area contributed by atoms with Gasteiger partial charge in [0.15, 0.2) is 0 Å². The summed E-state index contributed by atoms with van der Waals surface area (Å²) in [7, 11) is 2.17. The molecule has 1 rings (SSSR count). The Kier molecular flexibility index (Phi) is 5.58. The quantitative estimate of drug-likeness (QED) is 0.725. The Morgan fingerprint density at radius 1 is 1.40 bits per heavy atom. The molecule has 2 unspecified atom stereocenters. The van der Waals surface area contributed by atoms with E-state index in [1.165, 1.54) is 12.8 Å². The second-order valence-corrected chi connectivity index (χ2v) is 5.02. The van der Waals surface area contributed by atoms with Gasteiger partial charge >= 0.3 is 0 Å². The van der Waals surface area contributed by atoms with Crippen molar-refractivity contribution in [3.63, 3.8) is 0 Å². The molecule has 0 spiro atoms. The second-order valence-electron chi connectivity index (χ2n) is 5.02. The third kappa shape index (κ3) is 5.50. The van der Waals surface area contributed by atoms with Crippen LogP contribution in [0, 0.1) is 0 Å². The van der Waals surface area contributed by atoms with Crippen LogP contribution < -0.4 is 5.32 Å². The minimum atomic E-state index is 0.462. The highest BCUT2D eigenvalue weighted by atomic mass is 16.5. The van der Waals surface area contributed by atoms with E-state index in [0.717, 1.165) is 19.6 Å². The first kappa shape index (κ1) is 12.9. The van der Waals surface area contributed by atoms with E-state index in [1.807, 2.05) is 0 Å². The molecular weight excluding hydrogens is 188 g/mol. The number of rotatable bonds is 6. The first-order chi connectivity index (χ1) is 7.08. The molecule has 90 valence electrons. The van der Waals surface area contributed by atoms with Crippen molar-refractivity contribution >= 4 is 0 Å². The van der Waals surface area contributed by atoms with E-state index in [9.17, 15) is 0 Å². The Hall–Kier alpha value is -0.120. The van der Waals surface area contributed by atoms with Gasteiger partial charge in [-0.15, -0.1) is 0 Å². The van der Waals surface area contributed by atoms with E-state index in [-0.39, 0.29) is 0 Å². The van der Waals surface area contributed by atoms with Crippen molar-refractivity contribution in [1.29, 1.82) is 0 Å². The van der Waals surface area contributed by atoms with Gasteiger partial charge in [-0.05, 0) is 26.8 Å². The van der Waals surface area contributed by atoms with Gasteiger partial charge in [-0.1, -0.05) is 13.8 Å². The van der Waals surface area contributed by atoms with Gasteiger partial charge in [0.25, 0.3) is 0 Å². The highest BCUT2D eigenvalue weighted by molar-refractivity contribution is 4.73. The lowest BCUT2D eigenvalue weighted by atomic mass is 10.2. The van der Waals surface area contributed by atoms with Gasteiger partial charge in [0.2, 0.25) is 0 Å². The smallest absolute Gasteiger partial charge is 0.0706 e. The zero-order valence-corrected chi connectivity index (χ0v) is 10.6. The topological polar surface area (TPSA) is 24.5 Å². The summed E-state index contributed by atoms with van der Waals surface area (Å²) >= 11 is 0. The van der Waals surface area contributed by atoms with Crippen molar-refractivity contribution in [3.8, 4) is 0 Å². The Balaban J connectivity index is 2.05. The zero-order chi connectivity index (χ0) is 11.3. The maximum atomic E-state index is 5.80. The van der Waals surface area contributed by atoms with Crippen molar-refractivity contribution in [1.82, 2.24) is 10.2 Å². The molecule has 1 heterocycles.